The second-order valence-electron chi connectivity index (χ2n) is 38.0. The number of anilines is 1. The lowest BCUT2D eigenvalue weighted by molar-refractivity contribution is -0.144. The molecule has 0 bridgehead atoms. The number of rotatable bonds is 30. The number of carboxylic acids is 1. The Morgan fingerprint density at radius 1 is 0.531 bits per heavy atom. The summed E-state index contributed by atoms with van der Waals surface area (Å²) in [6.45, 7) is 8.55. The first-order chi connectivity index (χ1) is 70.3. The number of carboxylic acid groups (broad SMARTS) is 1. The van der Waals surface area contributed by atoms with Gasteiger partial charge in [0.15, 0.2) is 5.96 Å². The summed E-state index contributed by atoms with van der Waals surface area (Å²) in [5.41, 5.74) is 17.2. The fraction of sp³-hybridized carbons (Fsp3) is 0.466. The van der Waals surface area contributed by atoms with Crippen LogP contribution in [-0.2, 0) is 118 Å². The minimum absolute atomic E-state index is 0.00683. The molecule has 0 unspecified atom stereocenters. The summed E-state index contributed by atoms with van der Waals surface area (Å²) in [6, 6.07) is 18.4. The molecule has 10 rings (SSSR count). The number of guanidine groups is 1. The number of ether oxygens (including phenoxy) is 1. The predicted octanol–water partition coefficient (Wildman–Crippen LogP) is 2.29. The summed E-state index contributed by atoms with van der Waals surface area (Å²) in [5, 5.41) is 56.2. The Balaban J connectivity index is 1.02. The van der Waals surface area contributed by atoms with Gasteiger partial charge in [-0.25, -0.2) is 9.97 Å². The normalized spacial score (nSPS) is 22.1. The third-order valence-corrected chi connectivity index (χ3v) is 26.8. The lowest BCUT2D eigenvalue weighted by Gasteiger charge is -2.33. The van der Waals surface area contributed by atoms with Gasteiger partial charge in [0.1, 0.15) is 72.5 Å². The average Bonchev–Trinajstić information content (AvgIpc) is 1.80. The maximum Gasteiger partial charge on any atom is 0.309 e. The van der Waals surface area contributed by atoms with E-state index in [4.69, 9.17) is 21.6 Å². The van der Waals surface area contributed by atoms with E-state index in [1.807, 2.05) is 42.5 Å². The van der Waals surface area contributed by atoms with Gasteiger partial charge in [-0.3, -0.25) is 91.7 Å². The van der Waals surface area contributed by atoms with Crippen LogP contribution in [0.2, 0.25) is 0 Å². The molecule has 44 heteroatoms. The molecule has 147 heavy (non-hydrogen) atoms. The number of aliphatic carboxylic acids is 1. The van der Waals surface area contributed by atoms with Crippen molar-refractivity contribution in [2.45, 2.75) is 230 Å². The number of aromatic nitrogens is 4. The number of carbonyl (C=O) groups excluding carboxylic acids is 17. The number of carbonyl (C=O) groups is 18. The molecule has 43 nitrogen and oxygen atoms in total. The topological polar surface area (TPSA) is 645 Å². The Morgan fingerprint density at radius 2 is 1.04 bits per heavy atom. The van der Waals surface area contributed by atoms with Crippen LogP contribution in [0.1, 0.15) is 163 Å². The maximum absolute atomic E-state index is 15.9. The van der Waals surface area contributed by atoms with Crippen molar-refractivity contribution in [3.05, 3.63) is 186 Å². The van der Waals surface area contributed by atoms with Crippen LogP contribution in [-0.4, -0.2) is 272 Å². The van der Waals surface area contributed by atoms with Gasteiger partial charge in [-0.05, 0) is 125 Å². The number of aromatic amines is 2. The fourth-order valence-electron chi connectivity index (χ4n) is 17.5. The minimum Gasteiger partial charge on any atom is -0.481 e. The fourth-order valence-corrected chi connectivity index (χ4v) is 18.4. The summed E-state index contributed by atoms with van der Waals surface area (Å²) in [7, 11) is 2.53. The van der Waals surface area contributed by atoms with Crippen molar-refractivity contribution in [3.8, 4) is 22.3 Å². The Hall–Kier alpha value is -15.4. The Labute approximate surface area is 856 Å². The molecule has 2 aliphatic heterocycles. The number of hydrogen-bond donors (Lipinski definition) is 20. The van der Waals surface area contributed by atoms with Crippen LogP contribution in [0.5, 0.6) is 0 Å². The number of likely N-dealkylation sites (N-methyl/N-ethyl adjacent to an activating group) is 1. The summed E-state index contributed by atoms with van der Waals surface area (Å²) in [5.74, 6) is -19.4. The average molecular weight is 2050 g/mol. The van der Waals surface area contributed by atoms with E-state index in [0.29, 0.717) is 57.6 Å². The molecular formula is C103H135N23O20S. The zero-order valence-corrected chi connectivity index (χ0v) is 84.5. The number of amides is 16. The van der Waals surface area contributed by atoms with Crippen molar-refractivity contribution in [2.24, 2.45) is 35.1 Å². The number of fused-ring (bicyclic) bond motifs is 1. The van der Waals surface area contributed by atoms with Crippen molar-refractivity contribution < 1.29 is 96.1 Å². The number of nitrogens with zero attached hydrogens (tertiary/aromatic N) is 4. The molecule has 13 atom stereocenters. The van der Waals surface area contributed by atoms with E-state index in [9.17, 15) is 62.6 Å². The predicted molar refractivity (Wildman–Crippen MR) is 545 cm³/mol. The zero-order chi connectivity index (χ0) is 107. The molecule has 0 spiro atoms. The first-order valence-electron chi connectivity index (χ1n) is 49.4. The molecule has 1 saturated carbocycles. The Bertz CT molecular complexity index is 5720. The van der Waals surface area contributed by atoms with E-state index in [2.05, 4.69) is 94.4 Å². The van der Waals surface area contributed by atoms with Gasteiger partial charge in [-0.15, -0.1) is 11.8 Å². The standard InChI is InChI=1S/C103H135N23O20S/c1-9-60(6)89-102(145)126-41-17-23-82(126)99(142)123-88(59(4)5)100(143)120-78(48-72-51-108-57-112-72)97(140)117-74(42-58(2)3)93(136)122-81(91(134)110-52-83(104)127)54-147-55-85(129)115-75(43-61-18-12-10-13-19-61)94(137)118-76(44-62-24-30-66(31-25-62)65-20-14-11-15-21-65)95(138)121-80(45-63-26-32-67(33-27-63)68-36-38-70(39-37-68)113-90(133)69-34-28-64(29-35-69)46-87(132)146-8)101(144)125(7)53-84(128)114-77(47-71-50-107-56-111-71)96(139)119-79(49-86(130)131)98(141)116-73(92(135)124-89)22-16-40-109-103(105)106/h11,14-15,20-21,24-39,50-51,56-61,73-82,88-89H,9-10,12-13,16-19,22-23,40-49,52-55H2,1-8H3,(H2,104,127)(H,107,111)(H,108,112)(H,110,134)(H,113,133)(H,114,128)(H,115,129)(H,116,141)(H,117,140)(H,118,137)(H,119,139)(H,120,143)(H,121,138)(H,122,136)(H,123,142)(H,124,135)(H,130,131)(H4,105,106,109)/t60-,73+,74-,75-,76-,77-,78-,79-,80-,81-,82-,88-,89-/m0/s1. The Morgan fingerprint density at radius 3 is 1.61 bits per heavy atom. The molecule has 22 N–H and O–H groups in total. The Kier molecular flexibility index (Phi) is 43.4. The third-order valence-electron chi connectivity index (χ3n) is 25.8. The van der Waals surface area contributed by atoms with Crippen molar-refractivity contribution in [3.63, 3.8) is 0 Å². The molecule has 3 fully saturated rings. The van der Waals surface area contributed by atoms with Crippen molar-refractivity contribution in [1.29, 1.82) is 5.41 Å². The molecule has 0 radical (unpaired) electrons. The molecule has 4 heterocycles. The first-order valence-corrected chi connectivity index (χ1v) is 50.5. The van der Waals surface area contributed by atoms with Gasteiger partial charge in [-0.2, -0.15) is 0 Å². The van der Waals surface area contributed by atoms with Crippen molar-refractivity contribution in [1.82, 2.24) is 98.9 Å². The van der Waals surface area contributed by atoms with Gasteiger partial charge in [-0.1, -0.05) is 183 Å². The highest BCUT2D eigenvalue weighted by molar-refractivity contribution is 8.00. The third kappa shape index (κ3) is 35.5. The van der Waals surface area contributed by atoms with Crippen molar-refractivity contribution in [2.75, 3.05) is 57.2 Å². The van der Waals surface area contributed by atoms with Crippen LogP contribution < -0.4 is 85.9 Å². The number of methoxy groups -OCH3 is 1. The summed E-state index contributed by atoms with van der Waals surface area (Å²) < 4.78 is 4.77. The summed E-state index contributed by atoms with van der Waals surface area (Å²) in [4.78, 5) is 277. The van der Waals surface area contributed by atoms with E-state index in [1.54, 1.807) is 126 Å². The van der Waals surface area contributed by atoms with Crippen LogP contribution in [0.25, 0.3) is 22.3 Å². The first kappa shape index (κ1) is 114. The van der Waals surface area contributed by atoms with Crippen LogP contribution in [0.4, 0.5) is 5.69 Å². The van der Waals surface area contributed by atoms with E-state index >= 15 is 28.8 Å². The highest BCUT2D eigenvalue weighted by Gasteiger charge is 2.44. The largest absolute Gasteiger partial charge is 0.481 e. The lowest BCUT2D eigenvalue weighted by Crippen LogP contribution is -2.62. The maximum atomic E-state index is 15.9. The highest BCUT2D eigenvalue weighted by atomic mass is 32.2. The van der Waals surface area contributed by atoms with Gasteiger partial charge >= 0.3 is 11.9 Å². The van der Waals surface area contributed by atoms with Crippen LogP contribution in [0.3, 0.4) is 0 Å². The quantitative estimate of drug-likeness (QED) is 0.0133. The minimum atomic E-state index is -2.02. The van der Waals surface area contributed by atoms with Gasteiger partial charge in [0, 0.05) is 86.6 Å². The molecule has 2 aromatic heterocycles. The van der Waals surface area contributed by atoms with Gasteiger partial charge in [0.25, 0.3) is 5.91 Å². The monoisotopic (exact) mass is 2050 g/mol. The number of thioether (sulfide) groups is 1. The number of nitrogens with two attached hydrogens (primary N) is 2. The van der Waals surface area contributed by atoms with E-state index in [-0.39, 0.29) is 107 Å². The second-order valence-corrected chi connectivity index (χ2v) is 39.0. The number of primary amides is 1. The number of imidazole rings is 2. The molecule has 7 aromatic rings. The smallest absolute Gasteiger partial charge is 0.309 e. The number of nitrogens with one attached hydrogen (secondary N) is 17. The molecular weight excluding hydrogens is 1910 g/mol. The SMILES string of the molecule is CC[C@H](C)[C@@H]1NC(=O)[C@@H](CCCNC(=N)N)NC(=O)[C@H](CC(=O)O)NC(=O)[C@H](Cc2cnc[nH]2)NC(=O)CN(C)C(=O)[C@H](Cc2ccc(-c3ccc(NC(=O)c4ccc(CC(=O)OC)cc4)cc3)cc2)NC(=O)[C@H](Cc2ccc(-c3ccccc3)cc2)NC(=O)[C@H](CC2CCCCC2)NC(=O)CSC[C@@H](C(=O)NCC(N)=O)NC(=O)[C@H](CC(C)C)NC(=O)[C@H](Cc2cnc[nH]2)NC(=O)[C@H](C(C)C)NC(=O)[C@@H]2CCCN2C1=O. The van der Waals surface area contributed by atoms with E-state index in [1.165, 1.54) is 44.1 Å². The molecule has 1 aliphatic carbocycles. The van der Waals surface area contributed by atoms with Gasteiger partial charge in [0.05, 0.1) is 51.4 Å². The number of hydrogen-bond acceptors (Lipinski definition) is 23. The molecule has 3 aliphatic rings. The summed E-state index contributed by atoms with van der Waals surface area (Å²) >= 11 is 0.851. The second kappa shape index (κ2) is 56.2. The lowest BCUT2D eigenvalue weighted by atomic mass is 9.84. The van der Waals surface area contributed by atoms with Gasteiger partial charge < -0.3 is 116 Å². The summed E-state index contributed by atoms with van der Waals surface area (Å²) in [6.07, 6.45) is 7.22. The van der Waals surface area contributed by atoms with Crippen LogP contribution >= 0.6 is 11.8 Å². The number of benzene rings is 5. The number of esters is 1. The highest BCUT2D eigenvalue weighted by Crippen LogP contribution is 2.30. The van der Waals surface area contributed by atoms with Crippen LogP contribution in [0.15, 0.2) is 152 Å². The van der Waals surface area contributed by atoms with Crippen molar-refractivity contribution >= 4 is 130 Å². The van der Waals surface area contributed by atoms with E-state index in [0.717, 1.165) is 47.1 Å². The molecule has 2 saturated heterocycles. The molecule has 788 valence electrons. The molecule has 16 amide bonds. The number of H-pyrrole nitrogens is 2. The zero-order valence-electron chi connectivity index (χ0n) is 83.7. The molecule has 5 aromatic carbocycles. The van der Waals surface area contributed by atoms with Crippen LogP contribution in [0, 0.1) is 29.1 Å². The van der Waals surface area contributed by atoms with Gasteiger partial charge in [0.2, 0.25) is 88.6 Å². The van der Waals surface area contributed by atoms with E-state index < -0.39 is 228 Å².